The molecule has 18 heavy (non-hydrogen) atoms. The number of carbonyl (C=O) groups is 1. The number of ether oxygens (including phenoxy) is 1. The molecule has 0 radical (unpaired) electrons. The summed E-state index contributed by atoms with van der Waals surface area (Å²) < 4.78 is 5.08. The number of benzene rings is 1. The molecule has 0 aromatic heterocycles. The largest absolute Gasteiger partial charge is 0.497 e. The lowest BCUT2D eigenvalue weighted by atomic mass is 10.1. The minimum Gasteiger partial charge on any atom is -0.497 e. The van der Waals surface area contributed by atoms with Gasteiger partial charge in [0, 0.05) is 13.1 Å². The minimum absolute atomic E-state index is 0.0383. The lowest BCUT2D eigenvalue weighted by Gasteiger charge is -2.31. The third-order valence-corrected chi connectivity index (χ3v) is 2.99. The van der Waals surface area contributed by atoms with Gasteiger partial charge in [-0.3, -0.25) is 4.79 Å². The summed E-state index contributed by atoms with van der Waals surface area (Å²) in [7, 11) is 1.59. The second kappa shape index (κ2) is 5.52. The Morgan fingerprint density at radius 2 is 2.17 bits per heavy atom. The van der Waals surface area contributed by atoms with Crippen molar-refractivity contribution in [2.24, 2.45) is 0 Å². The summed E-state index contributed by atoms with van der Waals surface area (Å²) >= 11 is 0. The van der Waals surface area contributed by atoms with E-state index >= 15 is 0 Å². The number of nitrogens with one attached hydrogen (secondary N) is 1. The third-order valence-electron chi connectivity index (χ3n) is 2.99. The molecule has 0 spiro atoms. The molecule has 94 valence electrons. The van der Waals surface area contributed by atoms with Crippen LogP contribution in [0.15, 0.2) is 24.3 Å². The Kier molecular flexibility index (Phi) is 3.80. The van der Waals surface area contributed by atoms with Gasteiger partial charge < -0.3 is 15.0 Å². The first-order valence-electron chi connectivity index (χ1n) is 5.80. The molecule has 1 aliphatic rings. The van der Waals surface area contributed by atoms with Crippen LogP contribution in [0.5, 0.6) is 5.75 Å². The fourth-order valence-electron chi connectivity index (χ4n) is 2.00. The number of rotatable bonds is 3. The molecule has 1 heterocycles. The zero-order chi connectivity index (χ0) is 13.0. The van der Waals surface area contributed by atoms with E-state index in [0.717, 1.165) is 17.9 Å². The number of hydrogen-bond acceptors (Lipinski definition) is 4. The molecule has 0 bridgehead atoms. The summed E-state index contributed by atoms with van der Waals surface area (Å²) in [5, 5.41) is 12.3. The summed E-state index contributed by atoms with van der Waals surface area (Å²) in [6.45, 7) is 1.58. The van der Waals surface area contributed by atoms with Crippen molar-refractivity contribution < 1.29 is 9.53 Å². The van der Waals surface area contributed by atoms with Crippen LogP contribution in [0.1, 0.15) is 11.6 Å². The summed E-state index contributed by atoms with van der Waals surface area (Å²) in [5.41, 5.74) is 0.813. The Balaban J connectivity index is 2.21. The van der Waals surface area contributed by atoms with Crippen molar-refractivity contribution in [2.75, 3.05) is 26.7 Å². The predicted molar refractivity (Wildman–Crippen MR) is 65.9 cm³/mol. The Labute approximate surface area is 106 Å². The fraction of sp³-hybridized carbons (Fsp3) is 0.385. The molecular weight excluding hydrogens is 230 g/mol. The van der Waals surface area contributed by atoms with Crippen molar-refractivity contribution in [3.8, 4) is 11.8 Å². The van der Waals surface area contributed by atoms with Crippen LogP contribution in [0, 0.1) is 11.3 Å². The third kappa shape index (κ3) is 2.44. The van der Waals surface area contributed by atoms with Crippen LogP contribution in [-0.4, -0.2) is 37.6 Å². The summed E-state index contributed by atoms with van der Waals surface area (Å²) in [6, 6.07) is 8.91. The van der Waals surface area contributed by atoms with Crippen molar-refractivity contribution in [1.29, 1.82) is 5.26 Å². The lowest BCUT2D eigenvalue weighted by molar-refractivity contribution is -0.133. The van der Waals surface area contributed by atoms with Crippen LogP contribution in [0.2, 0.25) is 0 Å². The molecule has 5 heteroatoms. The highest BCUT2D eigenvalue weighted by molar-refractivity contribution is 5.79. The van der Waals surface area contributed by atoms with E-state index in [4.69, 9.17) is 4.74 Å². The van der Waals surface area contributed by atoms with E-state index in [1.165, 1.54) is 0 Å². The minimum atomic E-state index is -0.523. The Morgan fingerprint density at radius 1 is 1.44 bits per heavy atom. The maximum absolute atomic E-state index is 11.8. The van der Waals surface area contributed by atoms with Crippen LogP contribution in [0.4, 0.5) is 0 Å². The van der Waals surface area contributed by atoms with Gasteiger partial charge in [0.2, 0.25) is 5.91 Å². The lowest BCUT2D eigenvalue weighted by Crippen LogP contribution is -2.49. The van der Waals surface area contributed by atoms with Crippen molar-refractivity contribution in [1.82, 2.24) is 10.2 Å². The smallest absolute Gasteiger partial charge is 0.237 e. The molecule has 0 aliphatic carbocycles. The Hall–Kier alpha value is -2.06. The standard InChI is InChI=1S/C13H15N3O2/c1-18-11-4-2-10(3-5-11)12(8-14)16-7-6-15-9-13(16)17/h2-5,12,15H,6-7,9H2,1H3. The van der Waals surface area contributed by atoms with Gasteiger partial charge in [-0.1, -0.05) is 12.1 Å². The maximum Gasteiger partial charge on any atom is 0.237 e. The summed E-state index contributed by atoms with van der Waals surface area (Å²) in [4.78, 5) is 13.4. The molecule has 1 N–H and O–H groups in total. The molecule has 5 nitrogen and oxygen atoms in total. The Bertz CT molecular complexity index is 464. The highest BCUT2D eigenvalue weighted by Gasteiger charge is 2.26. The second-order valence-electron chi connectivity index (χ2n) is 4.07. The molecule has 1 aliphatic heterocycles. The molecule has 1 unspecified atom stereocenters. The van der Waals surface area contributed by atoms with E-state index in [9.17, 15) is 10.1 Å². The van der Waals surface area contributed by atoms with Crippen molar-refractivity contribution in [3.05, 3.63) is 29.8 Å². The van der Waals surface area contributed by atoms with Gasteiger partial charge >= 0.3 is 0 Å². The van der Waals surface area contributed by atoms with E-state index in [-0.39, 0.29) is 5.91 Å². The molecule has 2 rings (SSSR count). The fourth-order valence-corrected chi connectivity index (χ4v) is 2.00. The van der Waals surface area contributed by atoms with Crippen molar-refractivity contribution in [3.63, 3.8) is 0 Å². The van der Waals surface area contributed by atoms with Crippen LogP contribution < -0.4 is 10.1 Å². The molecule has 1 fully saturated rings. The SMILES string of the molecule is COc1ccc(C(C#N)N2CCNCC2=O)cc1. The van der Waals surface area contributed by atoms with Gasteiger partial charge in [0.1, 0.15) is 11.8 Å². The highest BCUT2D eigenvalue weighted by atomic mass is 16.5. The second-order valence-corrected chi connectivity index (χ2v) is 4.07. The highest BCUT2D eigenvalue weighted by Crippen LogP contribution is 2.23. The van der Waals surface area contributed by atoms with E-state index in [0.29, 0.717) is 13.1 Å². The van der Waals surface area contributed by atoms with Crippen molar-refractivity contribution in [2.45, 2.75) is 6.04 Å². The average Bonchev–Trinajstić information content (AvgIpc) is 2.42. The summed E-state index contributed by atoms with van der Waals surface area (Å²) in [5.74, 6) is 0.700. The number of carbonyl (C=O) groups excluding carboxylic acids is 1. The molecule has 1 saturated heterocycles. The zero-order valence-electron chi connectivity index (χ0n) is 10.2. The quantitative estimate of drug-likeness (QED) is 0.851. The first-order valence-corrected chi connectivity index (χ1v) is 5.80. The van der Waals surface area contributed by atoms with Gasteiger partial charge in [0.15, 0.2) is 0 Å². The van der Waals surface area contributed by atoms with Gasteiger partial charge in [0.25, 0.3) is 0 Å². The molecule has 1 amide bonds. The number of nitrogens with zero attached hydrogens (tertiary/aromatic N) is 2. The Morgan fingerprint density at radius 3 is 2.72 bits per heavy atom. The zero-order valence-corrected chi connectivity index (χ0v) is 10.2. The number of hydrogen-bond donors (Lipinski definition) is 1. The summed E-state index contributed by atoms with van der Waals surface area (Å²) in [6.07, 6.45) is 0. The number of methoxy groups -OCH3 is 1. The molecule has 0 saturated carbocycles. The monoisotopic (exact) mass is 245 g/mol. The molecular formula is C13H15N3O2. The molecule has 1 aromatic rings. The topological polar surface area (TPSA) is 65.4 Å². The first-order chi connectivity index (χ1) is 8.76. The first kappa shape index (κ1) is 12.4. The van der Waals surface area contributed by atoms with E-state index in [1.807, 2.05) is 12.1 Å². The van der Waals surface area contributed by atoms with E-state index < -0.39 is 6.04 Å². The van der Waals surface area contributed by atoms with Crippen molar-refractivity contribution >= 4 is 5.91 Å². The average molecular weight is 245 g/mol. The molecule has 1 aromatic carbocycles. The van der Waals surface area contributed by atoms with Crippen LogP contribution in [0.25, 0.3) is 0 Å². The van der Waals surface area contributed by atoms with Crippen LogP contribution in [0.3, 0.4) is 0 Å². The van der Waals surface area contributed by atoms with Gasteiger partial charge in [-0.25, -0.2) is 0 Å². The number of nitriles is 1. The number of amides is 1. The van der Waals surface area contributed by atoms with Gasteiger partial charge in [0.05, 0.1) is 19.7 Å². The van der Waals surface area contributed by atoms with Gasteiger partial charge in [-0.15, -0.1) is 0 Å². The van der Waals surface area contributed by atoms with Gasteiger partial charge in [-0.05, 0) is 17.7 Å². The van der Waals surface area contributed by atoms with E-state index in [1.54, 1.807) is 24.1 Å². The number of piperazine rings is 1. The van der Waals surface area contributed by atoms with Crippen LogP contribution >= 0.6 is 0 Å². The van der Waals surface area contributed by atoms with Crippen LogP contribution in [-0.2, 0) is 4.79 Å². The van der Waals surface area contributed by atoms with Gasteiger partial charge in [-0.2, -0.15) is 5.26 Å². The maximum atomic E-state index is 11.8. The normalized spacial score (nSPS) is 17.1. The molecule has 1 atom stereocenters. The van der Waals surface area contributed by atoms with E-state index in [2.05, 4.69) is 11.4 Å². The predicted octanol–water partition coefficient (Wildman–Crippen LogP) is 0.692.